The second-order valence-corrected chi connectivity index (χ2v) is 6.82. The number of fused-ring (bicyclic) bond motifs is 2. The zero-order valence-electron chi connectivity index (χ0n) is 13.0. The Balaban J connectivity index is 1.46. The quantitative estimate of drug-likeness (QED) is 0.555. The van der Waals surface area contributed by atoms with Crippen LogP contribution in [0.2, 0.25) is 5.15 Å². The first-order valence-corrected chi connectivity index (χ1v) is 8.83. The summed E-state index contributed by atoms with van der Waals surface area (Å²) in [5, 5.41) is 4.07. The first kappa shape index (κ1) is 15.8. The normalized spacial score (nSPS) is 11.6. The Morgan fingerprint density at radius 1 is 1.20 bits per heavy atom. The van der Waals surface area contributed by atoms with E-state index in [2.05, 4.69) is 15.3 Å². The molecule has 5 nitrogen and oxygen atoms in total. The maximum atomic E-state index is 12.1. The number of rotatable bonds is 4. The predicted octanol–water partition coefficient (Wildman–Crippen LogP) is 3.93. The number of benzene rings is 1. The molecule has 7 heteroatoms. The molecule has 1 aromatic carbocycles. The second-order valence-electron chi connectivity index (χ2n) is 5.34. The van der Waals surface area contributed by atoms with E-state index in [-0.39, 0.29) is 5.91 Å². The number of imidazole rings is 1. The van der Waals surface area contributed by atoms with Gasteiger partial charge in [0.1, 0.15) is 10.7 Å². The number of nitrogens with zero attached hydrogens (tertiary/aromatic N) is 3. The Labute approximate surface area is 152 Å². The molecular formula is C18H13ClN4OS. The molecule has 0 aliphatic heterocycles. The third kappa shape index (κ3) is 3.26. The third-order valence-electron chi connectivity index (χ3n) is 3.67. The Hall–Kier alpha value is -2.70. The fourth-order valence-electron chi connectivity index (χ4n) is 2.51. The molecule has 3 aromatic heterocycles. The molecule has 0 saturated carbocycles. The van der Waals surface area contributed by atoms with Crippen LogP contribution in [0.25, 0.3) is 21.9 Å². The molecule has 1 amide bonds. The second kappa shape index (κ2) is 6.66. The van der Waals surface area contributed by atoms with Crippen molar-refractivity contribution < 1.29 is 4.79 Å². The van der Waals surface area contributed by atoms with Crippen molar-refractivity contribution in [1.82, 2.24) is 19.7 Å². The van der Waals surface area contributed by atoms with Crippen molar-refractivity contribution in [3.8, 4) is 0 Å². The summed E-state index contributed by atoms with van der Waals surface area (Å²) in [6, 6.07) is 13.5. The molecule has 0 unspecified atom stereocenters. The van der Waals surface area contributed by atoms with E-state index in [0.717, 1.165) is 20.9 Å². The molecule has 4 rings (SSSR count). The van der Waals surface area contributed by atoms with E-state index in [0.29, 0.717) is 17.4 Å². The lowest BCUT2D eigenvalue weighted by atomic mass is 10.3. The summed E-state index contributed by atoms with van der Waals surface area (Å²) >= 11 is 7.72. The standard InChI is InChI=1S/C18H13ClN4OS/c19-18-13(23-10-4-3-7-15(23)22-18)8-9-16(24)20-11-17-21-12-5-1-2-6-14(12)25-17/h1-10H,11H2,(H,20,24)/b9-8+. The summed E-state index contributed by atoms with van der Waals surface area (Å²) in [6.45, 7) is 0.392. The summed E-state index contributed by atoms with van der Waals surface area (Å²) < 4.78 is 2.94. The van der Waals surface area contributed by atoms with Gasteiger partial charge in [0, 0.05) is 12.3 Å². The number of halogens is 1. The maximum absolute atomic E-state index is 12.1. The molecule has 0 atom stereocenters. The van der Waals surface area contributed by atoms with Gasteiger partial charge in [-0.05, 0) is 30.3 Å². The van der Waals surface area contributed by atoms with Crippen LogP contribution in [0.1, 0.15) is 10.7 Å². The third-order valence-corrected chi connectivity index (χ3v) is 4.98. The monoisotopic (exact) mass is 368 g/mol. The Morgan fingerprint density at radius 2 is 2.04 bits per heavy atom. The summed E-state index contributed by atoms with van der Waals surface area (Å²) in [4.78, 5) is 20.8. The van der Waals surface area contributed by atoms with Gasteiger partial charge in [0.05, 0.1) is 22.5 Å². The number of amides is 1. The average molecular weight is 369 g/mol. The fraction of sp³-hybridized carbons (Fsp3) is 0.0556. The highest BCUT2D eigenvalue weighted by Crippen LogP contribution is 2.21. The van der Waals surface area contributed by atoms with E-state index in [1.54, 1.807) is 17.4 Å². The summed E-state index contributed by atoms with van der Waals surface area (Å²) in [7, 11) is 0. The lowest BCUT2D eigenvalue weighted by Gasteiger charge is -1.99. The van der Waals surface area contributed by atoms with Crippen molar-refractivity contribution in [2.45, 2.75) is 6.54 Å². The molecule has 0 spiro atoms. The zero-order chi connectivity index (χ0) is 17.2. The highest BCUT2D eigenvalue weighted by atomic mass is 35.5. The predicted molar refractivity (Wildman–Crippen MR) is 101 cm³/mol. The molecule has 25 heavy (non-hydrogen) atoms. The van der Waals surface area contributed by atoms with Gasteiger partial charge in [0.25, 0.3) is 0 Å². The largest absolute Gasteiger partial charge is 0.346 e. The van der Waals surface area contributed by atoms with Gasteiger partial charge >= 0.3 is 0 Å². The van der Waals surface area contributed by atoms with Crippen LogP contribution in [0.3, 0.4) is 0 Å². The van der Waals surface area contributed by atoms with Crippen LogP contribution in [0.5, 0.6) is 0 Å². The van der Waals surface area contributed by atoms with Gasteiger partial charge in [-0.1, -0.05) is 29.8 Å². The van der Waals surface area contributed by atoms with Crippen LogP contribution in [0.4, 0.5) is 0 Å². The van der Waals surface area contributed by atoms with Gasteiger partial charge in [-0.2, -0.15) is 0 Å². The molecule has 0 saturated heterocycles. The fourth-order valence-corrected chi connectivity index (χ4v) is 3.65. The van der Waals surface area contributed by atoms with Gasteiger partial charge in [-0.25, -0.2) is 9.97 Å². The van der Waals surface area contributed by atoms with Crippen molar-refractivity contribution in [3.05, 3.63) is 70.6 Å². The SMILES string of the molecule is O=C(/C=C/c1c(Cl)nc2ccccn12)NCc1nc2ccccc2s1. The van der Waals surface area contributed by atoms with Crippen LogP contribution < -0.4 is 5.32 Å². The molecule has 3 heterocycles. The number of thiazole rings is 1. The molecule has 124 valence electrons. The van der Waals surface area contributed by atoms with Crippen LogP contribution in [-0.4, -0.2) is 20.3 Å². The van der Waals surface area contributed by atoms with Gasteiger partial charge < -0.3 is 5.32 Å². The highest BCUT2D eigenvalue weighted by molar-refractivity contribution is 7.18. The van der Waals surface area contributed by atoms with E-state index >= 15 is 0 Å². The van der Waals surface area contributed by atoms with E-state index < -0.39 is 0 Å². The van der Waals surface area contributed by atoms with Crippen LogP contribution >= 0.6 is 22.9 Å². The molecule has 0 radical (unpaired) electrons. The first-order chi connectivity index (χ1) is 12.2. The lowest BCUT2D eigenvalue weighted by molar-refractivity contribution is -0.116. The summed E-state index contributed by atoms with van der Waals surface area (Å²) in [5.41, 5.74) is 2.36. The van der Waals surface area contributed by atoms with Gasteiger partial charge in [0.15, 0.2) is 5.15 Å². The van der Waals surface area contributed by atoms with Gasteiger partial charge in [-0.3, -0.25) is 9.20 Å². The van der Waals surface area contributed by atoms with Crippen molar-refractivity contribution in [2.24, 2.45) is 0 Å². The summed E-state index contributed by atoms with van der Waals surface area (Å²) in [5.74, 6) is -0.207. The van der Waals surface area contributed by atoms with Crippen LogP contribution in [-0.2, 0) is 11.3 Å². The van der Waals surface area contributed by atoms with Crippen molar-refractivity contribution in [3.63, 3.8) is 0 Å². The minimum Gasteiger partial charge on any atom is -0.346 e. The number of para-hydroxylation sites is 1. The Morgan fingerprint density at radius 3 is 2.92 bits per heavy atom. The van der Waals surface area contributed by atoms with E-state index in [4.69, 9.17) is 11.6 Å². The number of aromatic nitrogens is 3. The molecule has 1 N–H and O–H groups in total. The number of pyridine rings is 1. The Kier molecular flexibility index (Phi) is 4.21. The molecule has 4 aromatic rings. The topological polar surface area (TPSA) is 59.3 Å². The average Bonchev–Trinajstić information content (AvgIpc) is 3.18. The van der Waals surface area contributed by atoms with E-state index in [1.165, 1.54) is 6.08 Å². The van der Waals surface area contributed by atoms with Crippen molar-refractivity contribution >= 4 is 50.8 Å². The van der Waals surface area contributed by atoms with Crippen molar-refractivity contribution in [2.75, 3.05) is 0 Å². The van der Waals surface area contributed by atoms with Crippen LogP contribution in [0, 0.1) is 0 Å². The van der Waals surface area contributed by atoms with Gasteiger partial charge in [-0.15, -0.1) is 11.3 Å². The molecule has 0 bridgehead atoms. The van der Waals surface area contributed by atoms with Gasteiger partial charge in [0.2, 0.25) is 5.91 Å². The van der Waals surface area contributed by atoms with Crippen LogP contribution in [0.15, 0.2) is 54.7 Å². The smallest absolute Gasteiger partial charge is 0.244 e. The zero-order valence-corrected chi connectivity index (χ0v) is 14.6. The minimum absolute atomic E-state index is 0.207. The molecule has 0 aliphatic carbocycles. The van der Waals surface area contributed by atoms with Crippen molar-refractivity contribution in [1.29, 1.82) is 0 Å². The minimum atomic E-state index is -0.207. The highest BCUT2D eigenvalue weighted by Gasteiger charge is 2.08. The maximum Gasteiger partial charge on any atom is 0.244 e. The number of nitrogens with one attached hydrogen (secondary N) is 1. The lowest BCUT2D eigenvalue weighted by Crippen LogP contribution is -2.20. The number of hydrogen-bond acceptors (Lipinski definition) is 4. The number of hydrogen-bond donors (Lipinski definition) is 1. The van der Waals surface area contributed by atoms with E-state index in [9.17, 15) is 4.79 Å². The molecular weight excluding hydrogens is 356 g/mol. The molecule has 0 fully saturated rings. The number of carbonyl (C=O) groups excluding carboxylic acids is 1. The number of carbonyl (C=O) groups is 1. The molecule has 0 aliphatic rings. The van der Waals surface area contributed by atoms with E-state index in [1.807, 2.05) is 53.1 Å². The summed E-state index contributed by atoms with van der Waals surface area (Å²) in [6.07, 6.45) is 4.97. The Bertz CT molecular complexity index is 1070. The first-order valence-electron chi connectivity index (χ1n) is 7.64.